The van der Waals surface area contributed by atoms with Gasteiger partial charge in [0.2, 0.25) is 0 Å². The van der Waals surface area contributed by atoms with E-state index < -0.39 is 0 Å². The largest absolute Gasteiger partial charge is 0.494 e. The van der Waals surface area contributed by atoms with Crippen LogP contribution in [0.4, 0.5) is 0 Å². The van der Waals surface area contributed by atoms with E-state index in [2.05, 4.69) is 29.6 Å². The van der Waals surface area contributed by atoms with Gasteiger partial charge in [0.25, 0.3) is 0 Å². The van der Waals surface area contributed by atoms with Crippen LogP contribution in [0.1, 0.15) is 31.7 Å². The zero-order chi connectivity index (χ0) is 11.2. The molecule has 0 bridgehead atoms. The van der Waals surface area contributed by atoms with Gasteiger partial charge in [-0.3, -0.25) is 0 Å². The first kappa shape index (κ1) is 14.3. The predicted octanol–water partition coefficient (Wildman–Crippen LogP) is 3.19. The topological polar surface area (TPSA) is 21.3 Å². The van der Waals surface area contributed by atoms with Crippen molar-refractivity contribution in [2.24, 2.45) is 0 Å². The third-order valence-corrected chi connectivity index (χ3v) is 3.13. The number of piperidine rings is 1. The van der Waals surface area contributed by atoms with Crippen LogP contribution < -0.4 is 10.1 Å². The van der Waals surface area contributed by atoms with Crippen molar-refractivity contribution < 1.29 is 4.74 Å². The molecular weight excluding hydrogens is 234 g/mol. The van der Waals surface area contributed by atoms with E-state index in [1.807, 2.05) is 6.92 Å². The molecule has 1 aromatic rings. The zero-order valence-electron chi connectivity index (χ0n) is 10.4. The highest BCUT2D eigenvalue weighted by atomic mass is 35.5. The molecule has 1 fully saturated rings. The number of rotatable bonds is 4. The molecule has 96 valence electrons. The lowest BCUT2D eigenvalue weighted by Crippen LogP contribution is -2.35. The Hall–Kier alpha value is -0.730. The third-order valence-electron chi connectivity index (χ3n) is 3.13. The van der Waals surface area contributed by atoms with Crippen molar-refractivity contribution in [1.82, 2.24) is 5.32 Å². The van der Waals surface area contributed by atoms with Crippen molar-refractivity contribution in [2.45, 2.75) is 38.6 Å². The van der Waals surface area contributed by atoms with E-state index in [0.29, 0.717) is 6.04 Å². The van der Waals surface area contributed by atoms with Crippen molar-refractivity contribution in [3.05, 3.63) is 29.8 Å². The van der Waals surface area contributed by atoms with Gasteiger partial charge < -0.3 is 10.1 Å². The fourth-order valence-corrected chi connectivity index (χ4v) is 2.27. The van der Waals surface area contributed by atoms with Gasteiger partial charge in [0.05, 0.1) is 6.61 Å². The summed E-state index contributed by atoms with van der Waals surface area (Å²) in [6.45, 7) is 3.94. The summed E-state index contributed by atoms with van der Waals surface area (Å²) in [5.41, 5.74) is 1.41. The Balaban J connectivity index is 0.00000144. The Morgan fingerprint density at radius 3 is 2.59 bits per heavy atom. The maximum atomic E-state index is 5.44. The molecule has 1 saturated heterocycles. The lowest BCUT2D eigenvalue weighted by Gasteiger charge is -2.23. The molecule has 1 N–H and O–H groups in total. The lowest BCUT2D eigenvalue weighted by molar-refractivity contribution is 0.340. The molecule has 0 aromatic heterocycles. The van der Waals surface area contributed by atoms with Gasteiger partial charge in [-0.25, -0.2) is 0 Å². The molecule has 1 atom stereocenters. The maximum Gasteiger partial charge on any atom is 0.119 e. The van der Waals surface area contributed by atoms with Crippen LogP contribution in [0.5, 0.6) is 5.75 Å². The minimum Gasteiger partial charge on any atom is -0.494 e. The summed E-state index contributed by atoms with van der Waals surface area (Å²) in [5, 5.41) is 3.58. The Labute approximate surface area is 110 Å². The molecule has 1 aromatic carbocycles. The molecule has 0 saturated carbocycles. The molecule has 1 aliphatic rings. The van der Waals surface area contributed by atoms with Crippen molar-refractivity contribution in [1.29, 1.82) is 0 Å². The highest BCUT2D eigenvalue weighted by molar-refractivity contribution is 5.85. The van der Waals surface area contributed by atoms with Crippen molar-refractivity contribution in [3.63, 3.8) is 0 Å². The highest BCUT2D eigenvalue weighted by Crippen LogP contribution is 2.16. The SMILES string of the molecule is CCOc1ccc(C[C@H]2CCCCN2)cc1.Cl. The van der Waals surface area contributed by atoms with Gasteiger partial charge >= 0.3 is 0 Å². The van der Waals surface area contributed by atoms with Crippen LogP contribution in [0.25, 0.3) is 0 Å². The number of halogens is 1. The smallest absolute Gasteiger partial charge is 0.119 e. The molecule has 0 unspecified atom stereocenters. The number of nitrogens with one attached hydrogen (secondary N) is 1. The van der Waals surface area contributed by atoms with Gasteiger partial charge in [-0.1, -0.05) is 18.6 Å². The van der Waals surface area contributed by atoms with E-state index in [0.717, 1.165) is 18.8 Å². The van der Waals surface area contributed by atoms with E-state index in [9.17, 15) is 0 Å². The summed E-state index contributed by atoms with van der Waals surface area (Å²) in [6, 6.07) is 9.18. The van der Waals surface area contributed by atoms with E-state index in [4.69, 9.17) is 4.74 Å². The average molecular weight is 256 g/mol. The van der Waals surface area contributed by atoms with Crippen LogP contribution in [-0.4, -0.2) is 19.2 Å². The molecule has 2 rings (SSSR count). The molecule has 1 aliphatic heterocycles. The quantitative estimate of drug-likeness (QED) is 0.892. The second-order valence-electron chi connectivity index (χ2n) is 4.43. The van der Waals surface area contributed by atoms with Gasteiger partial charge in [0.15, 0.2) is 0 Å². The van der Waals surface area contributed by atoms with E-state index in [1.54, 1.807) is 0 Å². The molecule has 0 amide bonds. The van der Waals surface area contributed by atoms with Gasteiger partial charge in [0, 0.05) is 6.04 Å². The zero-order valence-corrected chi connectivity index (χ0v) is 11.3. The summed E-state index contributed by atoms with van der Waals surface area (Å²) >= 11 is 0. The van der Waals surface area contributed by atoms with Gasteiger partial charge in [-0.15, -0.1) is 12.4 Å². The van der Waals surface area contributed by atoms with Crippen LogP contribution >= 0.6 is 12.4 Å². The average Bonchev–Trinajstić information content (AvgIpc) is 2.33. The van der Waals surface area contributed by atoms with Crippen LogP contribution in [0.3, 0.4) is 0 Å². The van der Waals surface area contributed by atoms with Gasteiger partial charge in [-0.2, -0.15) is 0 Å². The number of benzene rings is 1. The minimum atomic E-state index is 0. The van der Waals surface area contributed by atoms with Crippen LogP contribution in [0, 0.1) is 0 Å². The van der Waals surface area contributed by atoms with Gasteiger partial charge in [0.1, 0.15) is 5.75 Å². The van der Waals surface area contributed by atoms with Crippen molar-refractivity contribution in [3.8, 4) is 5.75 Å². The molecule has 0 spiro atoms. The van der Waals surface area contributed by atoms with E-state index >= 15 is 0 Å². The Bertz CT molecular complexity index is 307. The maximum absolute atomic E-state index is 5.44. The molecule has 17 heavy (non-hydrogen) atoms. The van der Waals surface area contributed by atoms with Crippen molar-refractivity contribution in [2.75, 3.05) is 13.2 Å². The lowest BCUT2D eigenvalue weighted by atomic mass is 9.98. The number of ether oxygens (including phenoxy) is 1. The highest BCUT2D eigenvalue weighted by Gasteiger charge is 2.12. The summed E-state index contributed by atoms with van der Waals surface area (Å²) in [5.74, 6) is 0.975. The molecule has 1 heterocycles. The Morgan fingerprint density at radius 2 is 2.00 bits per heavy atom. The first-order valence-electron chi connectivity index (χ1n) is 6.33. The van der Waals surface area contributed by atoms with Gasteiger partial charge in [-0.05, 0) is 50.4 Å². The van der Waals surface area contributed by atoms with Crippen LogP contribution in [-0.2, 0) is 6.42 Å². The summed E-state index contributed by atoms with van der Waals surface area (Å²) in [7, 11) is 0. The van der Waals surface area contributed by atoms with E-state index in [1.165, 1.54) is 31.4 Å². The summed E-state index contributed by atoms with van der Waals surface area (Å²) < 4.78 is 5.44. The monoisotopic (exact) mass is 255 g/mol. The first-order valence-corrected chi connectivity index (χ1v) is 6.33. The van der Waals surface area contributed by atoms with Crippen molar-refractivity contribution >= 4 is 12.4 Å². The fourth-order valence-electron chi connectivity index (χ4n) is 2.27. The molecule has 0 aliphatic carbocycles. The van der Waals surface area contributed by atoms with E-state index in [-0.39, 0.29) is 12.4 Å². The van der Waals surface area contributed by atoms with Crippen LogP contribution in [0.2, 0.25) is 0 Å². The third kappa shape index (κ3) is 4.57. The second kappa shape index (κ2) is 7.57. The van der Waals surface area contributed by atoms with Crippen LogP contribution in [0.15, 0.2) is 24.3 Å². The molecule has 3 heteroatoms. The predicted molar refractivity (Wildman–Crippen MR) is 74.2 cm³/mol. The molecule has 2 nitrogen and oxygen atoms in total. The Kier molecular flexibility index (Phi) is 6.38. The standard InChI is InChI=1S/C14H21NO.ClH/c1-2-16-14-8-6-12(7-9-14)11-13-5-3-4-10-15-13;/h6-9,13,15H,2-5,10-11H2,1H3;1H/t13-;/m1./s1. The molecule has 0 radical (unpaired) electrons. The second-order valence-corrected chi connectivity index (χ2v) is 4.43. The fraction of sp³-hybridized carbons (Fsp3) is 0.571. The number of hydrogen-bond donors (Lipinski definition) is 1. The number of hydrogen-bond acceptors (Lipinski definition) is 2. The molecular formula is C14H22ClNO. The normalized spacial score (nSPS) is 19.5. The first-order chi connectivity index (χ1) is 7.88. The Morgan fingerprint density at radius 1 is 1.24 bits per heavy atom. The minimum absolute atomic E-state index is 0. The summed E-state index contributed by atoms with van der Waals surface area (Å²) in [4.78, 5) is 0. The summed E-state index contributed by atoms with van der Waals surface area (Å²) in [6.07, 6.45) is 5.16.